The molecule has 132 valence electrons. The first-order valence-corrected chi connectivity index (χ1v) is 9.00. The lowest BCUT2D eigenvalue weighted by atomic mass is 10.2. The minimum Gasteiger partial charge on any atom is -0.497 e. The third kappa shape index (κ3) is 3.01. The molecule has 26 heavy (non-hydrogen) atoms. The van der Waals surface area contributed by atoms with E-state index >= 15 is 0 Å². The molecular formula is C19H17N3O3S. The first-order valence-electron chi connectivity index (χ1n) is 8.18. The number of amides is 1. The van der Waals surface area contributed by atoms with E-state index in [-0.39, 0.29) is 12.0 Å². The summed E-state index contributed by atoms with van der Waals surface area (Å²) in [6, 6.07) is 9.24. The zero-order valence-electron chi connectivity index (χ0n) is 14.4. The van der Waals surface area contributed by atoms with Crippen LogP contribution in [-0.2, 0) is 0 Å². The molecule has 0 radical (unpaired) electrons. The monoisotopic (exact) mass is 367 g/mol. The lowest BCUT2D eigenvalue weighted by Crippen LogP contribution is -2.42. The van der Waals surface area contributed by atoms with Crippen molar-refractivity contribution in [3.8, 4) is 22.1 Å². The van der Waals surface area contributed by atoms with Crippen LogP contribution in [0.15, 0.2) is 48.9 Å². The Morgan fingerprint density at radius 2 is 2.12 bits per heavy atom. The summed E-state index contributed by atoms with van der Waals surface area (Å²) >= 11 is 1.37. The largest absolute Gasteiger partial charge is 0.497 e. The number of rotatable bonds is 3. The van der Waals surface area contributed by atoms with Gasteiger partial charge < -0.3 is 14.4 Å². The van der Waals surface area contributed by atoms with Gasteiger partial charge in [0.1, 0.15) is 27.5 Å². The maximum atomic E-state index is 13.1. The zero-order chi connectivity index (χ0) is 18.1. The molecule has 0 unspecified atom stereocenters. The van der Waals surface area contributed by atoms with E-state index in [1.165, 1.54) is 11.3 Å². The number of ether oxygens (including phenoxy) is 2. The van der Waals surface area contributed by atoms with Gasteiger partial charge in [-0.15, -0.1) is 11.3 Å². The van der Waals surface area contributed by atoms with Crippen LogP contribution in [-0.4, -0.2) is 35.6 Å². The van der Waals surface area contributed by atoms with E-state index in [9.17, 15) is 4.79 Å². The molecule has 0 aliphatic carbocycles. The number of carbonyl (C=O) groups is 1. The normalized spacial score (nSPS) is 15.9. The quantitative estimate of drug-likeness (QED) is 0.707. The molecule has 0 saturated heterocycles. The molecule has 2 aromatic heterocycles. The number of anilines is 1. The summed E-state index contributed by atoms with van der Waals surface area (Å²) in [4.78, 5) is 23.9. The maximum Gasteiger partial charge on any atom is 0.270 e. The minimum absolute atomic E-state index is 0.0903. The van der Waals surface area contributed by atoms with Crippen molar-refractivity contribution in [3.63, 3.8) is 0 Å². The third-order valence-electron chi connectivity index (χ3n) is 4.11. The fourth-order valence-electron chi connectivity index (χ4n) is 2.87. The van der Waals surface area contributed by atoms with Crippen molar-refractivity contribution < 1.29 is 14.3 Å². The van der Waals surface area contributed by atoms with Crippen LogP contribution in [0, 0.1) is 0 Å². The number of methoxy groups -OCH3 is 1. The van der Waals surface area contributed by atoms with Crippen molar-refractivity contribution in [2.24, 2.45) is 0 Å². The molecule has 0 saturated carbocycles. The highest BCUT2D eigenvalue weighted by molar-refractivity contribution is 7.17. The Hall–Kier alpha value is -2.93. The van der Waals surface area contributed by atoms with Gasteiger partial charge in [0.2, 0.25) is 0 Å². The number of carbonyl (C=O) groups excluding carboxylic acids is 1. The minimum atomic E-state index is -0.0903. The van der Waals surface area contributed by atoms with Gasteiger partial charge in [-0.05, 0) is 31.2 Å². The fourth-order valence-corrected chi connectivity index (χ4v) is 3.74. The number of pyridine rings is 1. The van der Waals surface area contributed by atoms with Crippen molar-refractivity contribution in [2.75, 3.05) is 18.6 Å². The van der Waals surface area contributed by atoms with E-state index in [4.69, 9.17) is 9.47 Å². The number of nitrogens with zero attached hydrogens (tertiary/aromatic N) is 3. The van der Waals surface area contributed by atoms with Crippen molar-refractivity contribution in [2.45, 2.75) is 13.0 Å². The second-order valence-corrected chi connectivity index (χ2v) is 6.97. The summed E-state index contributed by atoms with van der Waals surface area (Å²) in [5, 5.41) is 0.794. The van der Waals surface area contributed by atoms with E-state index in [0.29, 0.717) is 28.6 Å². The first-order chi connectivity index (χ1) is 12.7. The standard InChI is InChI=1S/C19H17N3O3S/c1-12-11-22(15-9-14(24-2)3-4-16(15)25-12)19(23)17-10-21-18(26-17)13-5-7-20-8-6-13/h3-10,12H,11H2,1-2H3/t12-/m0/s1. The number of thiazole rings is 1. The molecule has 3 heterocycles. The summed E-state index contributed by atoms with van der Waals surface area (Å²) in [5.41, 5.74) is 1.66. The van der Waals surface area contributed by atoms with Crippen molar-refractivity contribution >= 4 is 22.9 Å². The summed E-state index contributed by atoms with van der Waals surface area (Å²) in [6.45, 7) is 2.42. The molecule has 0 N–H and O–H groups in total. The van der Waals surface area contributed by atoms with Crippen molar-refractivity contribution in [1.29, 1.82) is 0 Å². The number of benzene rings is 1. The fraction of sp³-hybridized carbons (Fsp3) is 0.211. The summed E-state index contributed by atoms with van der Waals surface area (Å²) in [6.07, 6.45) is 4.96. The Bertz CT molecular complexity index is 942. The van der Waals surface area contributed by atoms with Crippen LogP contribution in [0.3, 0.4) is 0 Å². The van der Waals surface area contributed by atoms with Crippen LogP contribution in [0.5, 0.6) is 11.5 Å². The van der Waals surface area contributed by atoms with E-state index < -0.39 is 0 Å². The van der Waals surface area contributed by atoms with Crippen molar-refractivity contribution in [1.82, 2.24) is 9.97 Å². The maximum absolute atomic E-state index is 13.1. The Balaban J connectivity index is 1.68. The molecular weight excluding hydrogens is 350 g/mol. The lowest BCUT2D eigenvalue weighted by Gasteiger charge is -2.33. The van der Waals surface area contributed by atoms with Gasteiger partial charge in [0.05, 0.1) is 25.5 Å². The smallest absolute Gasteiger partial charge is 0.270 e. The second-order valence-electron chi connectivity index (χ2n) is 5.94. The zero-order valence-corrected chi connectivity index (χ0v) is 15.2. The molecule has 0 fully saturated rings. The van der Waals surface area contributed by atoms with E-state index in [1.54, 1.807) is 30.6 Å². The van der Waals surface area contributed by atoms with Crippen LogP contribution in [0.1, 0.15) is 16.6 Å². The van der Waals surface area contributed by atoms with Gasteiger partial charge in [-0.1, -0.05) is 0 Å². The Labute approximate surface area is 155 Å². The highest BCUT2D eigenvalue weighted by Crippen LogP contribution is 2.38. The SMILES string of the molecule is COc1ccc2c(c1)N(C(=O)c1cnc(-c3ccncc3)s1)C[C@H](C)O2. The van der Waals surface area contributed by atoms with Gasteiger partial charge in [0.15, 0.2) is 0 Å². The summed E-state index contributed by atoms with van der Waals surface area (Å²) in [7, 11) is 1.60. The Kier molecular flexibility index (Phi) is 4.30. The molecule has 1 atom stereocenters. The average molecular weight is 367 g/mol. The number of aromatic nitrogens is 2. The molecule has 1 aliphatic heterocycles. The topological polar surface area (TPSA) is 64.5 Å². The van der Waals surface area contributed by atoms with Crippen molar-refractivity contribution in [3.05, 3.63) is 53.8 Å². The van der Waals surface area contributed by atoms with Crippen LogP contribution in [0.2, 0.25) is 0 Å². The predicted molar refractivity (Wildman–Crippen MR) is 100 cm³/mol. The molecule has 1 aliphatic rings. The highest BCUT2D eigenvalue weighted by Gasteiger charge is 2.30. The molecule has 3 aromatic rings. The van der Waals surface area contributed by atoms with Gasteiger partial charge in [0, 0.05) is 24.0 Å². The van der Waals surface area contributed by atoms with E-state index in [2.05, 4.69) is 9.97 Å². The van der Waals surface area contributed by atoms with Crippen LogP contribution >= 0.6 is 11.3 Å². The molecule has 4 rings (SSSR count). The van der Waals surface area contributed by atoms with Gasteiger partial charge in [-0.3, -0.25) is 9.78 Å². The van der Waals surface area contributed by atoms with Gasteiger partial charge >= 0.3 is 0 Å². The Morgan fingerprint density at radius 3 is 2.88 bits per heavy atom. The lowest BCUT2D eigenvalue weighted by molar-refractivity contribution is 0.0964. The van der Waals surface area contributed by atoms with Crippen LogP contribution in [0.4, 0.5) is 5.69 Å². The number of hydrogen-bond acceptors (Lipinski definition) is 6. The summed E-state index contributed by atoms with van der Waals surface area (Å²) < 4.78 is 11.1. The predicted octanol–water partition coefficient (Wildman–Crippen LogP) is 3.64. The second kappa shape index (κ2) is 6.76. The molecule has 0 spiro atoms. The van der Waals surface area contributed by atoms with Gasteiger partial charge in [0.25, 0.3) is 5.91 Å². The number of fused-ring (bicyclic) bond motifs is 1. The average Bonchev–Trinajstić information content (AvgIpc) is 3.17. The van der Waals surface area contributed by atoms with Crippen LogP contribution < -0.4 is 14.4 Å². The first kappa shape index (κ1) is 16.5. The highest BCUT2D eigenvalue weighted by atomic mass is 32.1. The Morgan fingerprint density at radius 1 is 1.31 bits per heavy atom. The third-order valence-corrected chi connectivity index (χ3v) is 5.15. The molecule has 7 heteroatoms. The van der Waals surface area contributed by atoms with Crippen LogP contribution in [0.25, 0.3) is 10.6 Å². The van der Waals surface area contributed by atoms with Gasteiger partial charge in [-0.25, -0.2) is 4.98 Å². The molecule has 1 amide bonds. The molecule has 1 aromatic carbocycles. The number of hydrogen-bond donors (Lipinski definition) is 0. The van der Waals surface area contributed by atoms with Gasteiger partial charge in [-0.2, -0.15) is 0 Å². The van der Waals surface area contributed by atoms with E-state index in [0.717, 1.165) is 10.6 Å². The molecule has 0 bridgehead atoms. The van der Waals surface area contributed by atoms with E-state index in [1.807, 2.05) is 37.3 Å². The molecule has 6 nitrogen and oxygen atoms in total. The summed E-state index contributed by atoms with van der Waals surface area (Å²) in [5.74, 6) is 1.27.